The van der Waals surface area contributed by atoms with Crippen molar-refractivity contribution in [1.82, 2.24) is 25.0 Å². The van der Waals surface area contributed by atoms with E-state index >= 15 is 0 Å². The van der Waals surface area contributed by atoms with E-state index in [2.05, 4.69) is 36.0 Å². The van der Waals surface area contributed by atoms with Crippen molar-refractivity contribution in [3.05, 3.63) is 57.8 Å². The molecule has 42 heavy (non-hydrogen) atoms. The zero-order chi connectivity index (χ0) is 29.4. The van der Waals surface area contributed by atoms with Gasteiger partial charge in [-0.1, -0.05) is 0 Å². The van der Waals surface area contributed by atoms with Crippen LogP contribution in [0.4, 0.5) is 5.69 Å². The second-order valence-corrected chi connectivity index (χ2v) is 12.3. The Morgan fingerprint density at radius 1 is 0.905 bits per heavy atom. The minimum atomic E-state index is -0.960. The third kappa shape index (κ3) is 5.69. The summed E-state index contributed by atoms with van der Waals surface area (Å²) in [6.45, 7) is 5.96. The number of likely N-dealkylation sites (tertiary alicyclic amines) is 1. The van der Waals surface area contributed by atoms with E-state index in [9.17, 15) is 24.0 Å². The van der Waals surface area contributed by atoms with Gasteiger partial charge in [0, 0.05) is 62.0 Å². The van der Waals surface area contributed by atoms with E-state index in [0.29, 0.717) is 22.7 Å². The van der Waals surface area contributed by atoms with Crippen LogP contribution in [0.15, 0.2) is 41.0 Å². The maximum Gasteiger partial charge on any atom is 0.272 e. The number of aromatic nitrogens is 1. The SMILES string of the molecule is O=C1CCC(N2C(=O)c3ccc(N4CCN(CCC5CCN(C(=O)c6ccc(Br)cn6)CC5)CC4)cc3C2=O)C(=O)N1. The van der Waals surface area contributed by atoms with Gasteiger partial charge in [-0.2, -0.15) is 0 Å². The number of hydrogen-bond acceptors (Lipinski definition) is 8. The van der Waals surface area contributed by atoms with Crippen LogP contribution in [0, 0.1) is 5.92 Å². The van der Waals surface area contributed by atoms with Crippen LogP contribution < -0.4 is 10.2 Å². The maximum absolute atomic E-state index is 13.2. The highest BCUT2D eigenvalue weighted by atomic mass is 79.9. The molecule has 0 spiro atoms. The van der Waals surface area contributed by atoms with Crippen LogP contribution in [0.2, 0.25) is 0 Å². The first kappa shape index (κ1) is 28.5. The monoisotopic (exact) mass is 636 g/mol. The van der Waals surface area contributed by atoms with Crippen molar-refractivity contribution in [2.24, 2.45) is 5.92 Å². The molecular formula is C30H33BrN6O5. The maximum atomic E-state index is 13.2. The van der Waals surface area contributed by atoms with Gasteiger partial charge in [0.05, 0.1) is 11.1 Å². The van der Waals surface area contributed by atoms with Gasteiger partial charge in [-0.15, -0.1) is 0 Å². The number of nitrogens with zero attached hydrogens (tertiary/aromatic N) is 5. The van der Waals surface area contributed by atoms with Crippen LogP contribution in [0.5, 0.6) is 0 Å². The number of carbonyl (C=O) groups is 5. The molecule has 6 rings (SSSR count). The van der Waals surface area contributed by atoms with Crippen LogP contribution in [-0.2, 0) is 9.59 Å². The largest absolute Gasteiger partial charge is 0.369 e. The molecule has 12 heteroatoms. The number of carbonyl (C=O) groups excluding carboxylic acids is 5. The number of pyridine rings is 1. The molecule has 220 valence electrons. The molecule has 1 aromatic carbocycles. The predicted molar refractivity (Wildman–Crippen MR) is 157 cm³/mol. The third-order valence-electron chi connectivity index (χ3n) is 8.86. The Labute approximate surface area is 252 Å². The van der Waals surface area contributed by atoms with Crippen LogP contribution >= 0.6 is 15.9 Å². The highest BCUT2D eigenvalue weighted by Crippen LogP contribution is 2.31. The summed E-state index contributed by atoms with van der Waals surface area (Å²) in [5.74, 6) is -1.36. The Hall–Kier alpha value is -3.64. The Morgan fingerprint density at radius 2 is 1.64 bits per heavy atom. The average Bonchev–Trinajstić information content (AvgIpc) is 3.25. The fourth-order valence-electron chi connectivity index (χ4n) is 6.34. The number of anilines is 1. The van der Waals surface area contributed by atoms with Crippen molar-refractivity contribution in [3.63, 3.8) is 0 Å². The van der Waals surface area contributed by atoms with Gasteiger partial charge in [0.15, 0.2) is 0 Å². The number of piperidine rings is 2. The van der Waals surface area contributed by atoms with Gasteiger partial charge in [0.1, 0.15) is 11.7 Å². The quantitative estimate of drug-likeness (QED) is 0.479. The summed E-state index contributed by atoms with van der Waals surface area (Å²) in [6, 6.07) is 7.94. The number of piperazine rings is 1. The fraction of sp³-hybridized carbons (Fsp3) is 0.467. The zero-order valence-electron chi connectivity index (χ0n) is 23.3. The molecule has 5 amide bonds. The number of hydrogen-bond donors (Lipinski definition) is 1. The van der Waals surface area contributed by atoms with E-state index in [0.717, 1.165) is 80.1 Å². The average molecular weight is 638 g/mol. The molecular weight excluding hydrogens is 604 g/mol. The molecule has 0 saturated carbocycles. The summed E-state index contributed by atoms with van der Waals surface area (Å²) in [5.41, 5.74) is 1.98. The smallest absolute Gasteiger partial charge is 0.272 e. The Bertz CT molecular complexity index is 1420. The number of amides is 5. The van der Waals surface area contributed by atoms with Gasteiger partial charge in [-0.05, 0) is 84.4 Å². The molecule has 1 aromatic heterocycles. The zero-order valence-corrected chi connectivity index (χ0v) is 24.8. The highest BCUT2D eigenvalue weighted by molar-refractivity contribution is 9.10. The topological polar surface area (TPSA) is 123 Å². The van der Waals surface area contributed by atoms with Crippen molar-refractivity contribution >= 4 is 51.2 Å². The van der Waals surface area contributed by atoms with Gasteiger partial charge in [-0.25, -0.2) is 4.98 Å². The molecule has 1 atom stereocenters. The summed E-state index contributed by atoms with van der Waals surface area (Å²) < 4.78 is 0.857. The molecule has 1 unspecified atom stereocenters. The number of fused-ring (bicyclic) bond motifs is 1. The second kappa shape index (κ2) is 11.9. The summed E-state index contributed by atoms with van der Waals surface area (Å²) in [4.78, 5) is 74.6. The summed E-state index contributed by atoms with van der Waals surface area (Å²) in [7, 11) is 0. The van der Waals surface area contributed by atoms with E-state index in [1.807, 2.05) is 17.0 Å². The third-order valence-corrected chi connectivity index (χ3v) is 9.33. The van der Waals surface area contributed by atoms with Crippen molar-refractivity contribution < 1.29 is 24.0 Å². The summed E-state index contributed by atoms with van der Waals surface area (Å²) in [6.07, 6.45) is 5.00. The molecule has 0 bridgehead atoms. The van der Waals surface area contributed by atoms with E-state index in [4.69, 9.17) is 0 Å². The Kier molecular flexibility index (Phi) is 8.09. The Morgan fingerprint density at radius 3 is 2.33 bits per heavy atom. The lowest BCUT2D eigenvalue weighted by Crippen LogP contribution is -2.54. The molecule has 4 aliphatic heterocycles. The van der Waals surface area contributed by atoms with Gasteiger partial charge >= 0.3 is 0 Å². The van der Waals surface area contributed by atoms with E-state index in [1.54, 1.807) is 24.4 Å². The molecule has 0 aliphatic carbocycles. The second-order valence-electron chi connectivity index (χ2n) is 11.4. The minimum absolute atomic E-state index is 0.00151. The number of benzene rings is 1. The highest BCUT2D eigenvalue weighted by Gasteiger charge is 2.44. The van der Waals surface area contributed by atoms with Crippen molar-refractivity contribution in [2.75, 3.05) is 50.7 Å². The fourth-order valence-corrected chi connectivity index (χ4v) is 6.57. The molecule has 4 aliphatic rings. The summed E-state index contributed by atoms with van der Waals surface area (Å²) in [5, 5.41) is 2.23. The van der Waals surface area contributed by atoms with Gasteiger partial charge < -0.3 is 9.80 Å². The van der Waals surface area contributed by atoms with Crippen LogP contribution in [0.1, 0.15) is 63.3 Å². The molecule has 3 saturated heterocycles. The van der Waals surface area contributed by atoms with Crippen LogP contribution in [-0.4, -0.2) is 101 Å². The van der Waals surface area contributed by atoms with E-state index in [1.165, 1.54) is 0 Å². The number of rotatable bonds is 6. The lowest BCUT2D eigenvalue weighted by Gasteiger charge is -2.37. The Balaban J connectivity index is 0.975. The van der Waals surface area contributed by atoms with Crippen LogP contribution in [0.25, 0.3) is 0 Å². The number of halogens is 1. The van der Waals surface area contributed by atoms with Gasteiger partial charge in [0.2, 0.25) is 11.8 Å². The standard InChI is InChI=1S/C30H33BrN6O5/c31-20-1-4-24(32-18-20)30(42)36-11-8-19(9-12-36)7-10-34-13-15-35(16-14-34)21-2-3-22-23(17-21)29(41)37(28(22)40)25-5-6-26(38)33-27(25)39/h1-4,17-19,25H,5-16H2,(H,33,38,39). The first-order chi connectivity index (χ1) is 20.3. The summed E-state index contributed by atoms with van der Waals surface area (Å²) >= 11 is 3.36. The van der Waals surface area contributed by atoms with E-state index < -0.39 is 23.8 Å². The molecule has 0 radical (unpaired) electrons. The number of nitrogens with one attached hydrogen (secondary N) is 1. The lowest BCUT2D eigenvalue weighted by atomic mass is 9.93. The minimum Gasteiger partial charge on any atom is -0.369 e. The van der Waals surface area contributed by atoms with E-state index in [-0.39, 0.29) is 24.7 Å². The first-order valence-corrected chi connectivity index (χ1v) is 15.3. The molecule has 1 N–H and O–H groups in total. The molecule has 3 fully saturated rings. The van der Waals surface area contributed by atoms with Crippen molar-refractivity contribution in [2.45, 2.75) is 38.1 Å². The normalized spacial score (nSPS) is 22.0. The number of imide groups is 2. The van der Waals surface area contributed by atoms with Gasteiger partial charge in [0.25, 0.3) is 17.7 Å². The lowest BCUT2D eigenvalue weighted by molar-refractivity contribution is -0.136. The van der Waals surface area contributed by atoms with Crippen molar-refractivity contribution in [3.8, 4) is 0 Å². The molecule has 11 nitrogen and oxygen atoms in total. The van der Waals surface area contributed by atoms with Crippen molar-refractivity contribution in [1.29, 1.82) is 0 Å². The molecule has 5 heterocycles. The predicted octanol–water partition coefficient (Wildman–Crippen LogP) is 2.31. The van der Waals surface area contributed by atoms with Crippen LogP contribution in [0.3, 0.4) is 0 Å². The molecule has 2 aromatic rings. The van der Waals surface area contributed by atoms with Gasteiger partial charge in [-0.3, -0.25) is 39.1 Å². The first-order valence-electron chi connectivity index (χ1n) is 14.5.